The smallest absolute Gasteiger partial charge is 0.481 e. The number of aliphatic hydroxyl groups excluding tert-OH is 5. The second kappa shape index (κ2) is 59.5. The fourth-order valence-electron chi connectivity index (χ4n) is 7.31. The molecule has 576 valence electrons. The van der Waals surface area contributed by atoms with Gasteiger partial charge in [-0.1, -0.05) is 27.7 Å². The lowest BCUT2D eigenvalue weighted by atomic mass is 10.1. The molecule has 2 rings (SSSR count). The number of carboxylic acid groups (broad SMARTS) is 1. The van der Waals surface area contributed by atoms with E-state index in [1.54, 1.807) is 6.07 Å². The van der Waals surface area contributed by atoms with Crippen LogP contribution < -0.4 is 27.0 Å². The van der Waals surface area contributed by atoms with Crippen molar-refractivity contribution >= 4 is 94.5 Å². The normalized spacial score (nSPS) is 13.5. The number of rotatable bonds is 49. The number of aliphatic carboxylic acids is 1. The van der Waals surface area contributed by atoms with Crippen molar-refractivity contribution in [1.29, 1.82) is 0 Å². The first kappa shape index (κ1) is 96.0. The van der Waals surface area contributed by atoms with Crippen LogP contribution in [0.4, 0.5) is 20.7 Å². The van der Waals surface area contributed by atoms with E-state index in [1.807, 2.05) is 50.3 Å². The Morgan fingerprint density at radius 2 is 1.09 bits per heavy atom. The number of carbonyl (C=O) groups is 8. The Labute approximate surface area is 600 Å². The van der Waals surface area contributed by atoms with Gasteiger partial charge in [0.15, 0.2) is 25.2 Å². The number of methoxy groups -OCH3 is 4. The number of aromatic nitrogens is 1. The summed E-state index contributed by atoms with van der Waals surface area (Å²) in [5, 5.41) is 60.8. The van der Waals surface area contributed by atoms with E-state index in [2.05, 4.69) is 34.1 Å². The highest BCUT2D eigenvalue weighted by atomic mass is 127. The fourth-order valence-corrected chi connectivity index (χ4v) is 7.88. The van der Waals surface area contributed by atoms with Crippen molar-refractivity contribution in [3.8, 4) is 0 Å². The maximum atomic E-state index is 14.5. The second-order valence-electron chi connectivity index (χ2n) is 20.9. The molecule has 9 atom stereocenters. The lowest BCUT2D eigenvalue weighted by molar-refractivity contribution is -0.194. The standard InChI is InChI=1S/C31H42FIN4O11.C13H25NO7S.C12H22O7.C7H16O4/c1-6-21(16-38)48-27(44-5)17-46-26(40)9-7-8-25(39)34-19(3)31(43)45-12-13-47-36-29(41)22-14-18(2)30(42)37(4)28(22)35-24-11-10-20(33)15-23(24)32;1-3-10(8-15)21-12(18-2)9-20-13(17)19-6-4-11(16)14-5-7-22;1-3-9(7-13)19-12(17-2)8-18-11(16)6-4-5-10(14)15;1-3-6(4-8)11-7(5-9)10-2/h10-11,14-15,19,21,27,35,38H,6-9,12-13,16-17H2,1-5H3,(H,34,39)(H,36,41);10,12,15,22H,3-9H2,1-2H3,(H,14,16);9,12-13H,3-8H2,1-2H3,(H,14,15);6-9H,3-5H2,1-2H3/t19-,21?,27?;;;/m0.../s1. The third-order valence-electron chi connectivity index (χ3n) is 13.2. The predicted molar refractivity (Wildman–Crippen MR) is 366 cm³/mol. The molecular formula is C63H105FIN5O29S. The number of nitrogens with one attached hydrogen (secondary N) is 4. The summed E-state index contributed by atoms with van der Waals surface area (Å²) >= 11 is 5.91. The Morgan fingerprint density at radius 3 is 1.53 bits per heavy atom. The van der Waals surface area contributed by atoms with Crippen molar-refractivity contribution in [3.05, 3.63) is 55.1 Å². The second-order valence-corrected chi connectivity index (χ2v) is 22.6. The van der Waals surface area contributed by atoms with E-state index < -0.39 is 85.0 Å². The minimum atomic E-state index is -0.999. The Hall–Kier alpha value is -6.02. The summed E-state index contributed by atoms with van der Waals surface area (Å²) in [5.74, 6) is -4.21. The lowest BCUT2D eigenvalue weighted by Gasteiger charge is -2.21. The molecule has 0 saturated carbocycles. The number of benzene rings is 1. The summed E-state index contributed by atoms with van der Waals surface area (Å²) < 4.78 is 82.0. The number of hydrogen-bond donors (Lipinski definition) is 11. The minimum absolute atomic E-state index is 0.00508. The van der Waals surface area contributed by atoms with Crippen LogP contribution in [-0.4, -0.2) is 252 Å². The average molecular weight is 1570 g/mol. The van der Waals surface area contributed by atoms with E-state index in [0.29, 0.717) is 41.6 Å². The van der Waals surface area contributed by atoms with Gasteiger partial charge in [-0.2, -0.15) is 12.6 Å². The number of thiol groups is 1. The van der Waals surface area contributed by atoms with E-state index in [-0.39, 0.29) is 170 Å². The van der Waals surface area contributed by atoms with Crippen LogP contribution in [0.2, 0.25) is 0 Å². The molecule has 0 aliphatic carbocycles. The lowest BCUT2D eigenvalue weighted by Crippen LogP contribution is -2.40. The Kier molecular flexibility index (Phi) is 57.1. The molecule has 0 aliphatic heterocycles. The maximum Gasteiger partial charge on any atom is 0.508 e. The molecule has 0 aliphatic rings. The molecule has 0 saturated heterocycles. The summed E-state index contributed by atoms with van der Waals surface area (Å²) in [5.41, 5.74) is 2.15. The molecule has 1 aromatic heterocycles. The highest BCUT2D eigenvalue weighted by molar-refractivity contribution is 14.1. The van der Waals surface area contributed by atoms with E-state index in [4.69, 9.17) is 91.9 Å². The van der Waals surface area contributed by atoms with Crippen LogP contribution in [0.3, 0.4) is 0 Å². The molecule has 2 aromatic rings. The first-order valence-electron chi connectivity index (χ1n) is 32.0. The van der Waals surface area contributed by atoms with Crippen LogP contribution in [0.15, 0.2) is 29.1 Å². The van der Waals surface area contributed by atoms with E-state index in [0.717, 1.165) is 0 Å². The number of carboxylic acids is 1. The van der Waals surface area contributed by atoms with Crippen molar-refractivity contribution in [2.75, 3.05) is 119 Å². The highest BCUT2D eigenvalue weighted by Crippen LogP contribution is 2.24. The Balaban J connectivity index is 0. The van der Waals surface area contributed by atoms with Gasteiger partial charge in [0.25, 0.3) is 11.5 Å². The van der Waals surface area contributed by atoms with Gasteiger partial charge in [-0.25, -0.2) is 19.5 Å². The van der Waals surface area contributed by atoms with Crippen molar-refractivity contribution in [3.63, 3.8) is 0 Å². The molecule has 37 heteroatoms. The number of ether oxygens (including phenoxy) is 13. The topological polar surface area (TPSA) is 457 Å². The highest BCUT2D eigenvalue weighted by Gasteiger charge is 2.24. The summed E-state index contributed by atoms with van der Waals surface area (Å²) in [6.45, 7) is 9.11. The third-order valence-corrected chi connectivity index (χ3v) is 14.1. The number of amides is 3. The van der Waals surface area contributed by atoms with E-state index >= 15 is 0 Å². The van der Waals surface area contributed by atoms with Crippen molar-refractivity contribution in [2.45, 2.75) is 168 Å². The summed E-state index contributed by atoms with van der Waals surface area (Å²) in [6.07, 6.45) is -2.54. The van der Waals surface area contributed by atoms with Gasteiger partial charge in [0.1, 0.15) is 57.3 Å². The molecule has 3 amide bonds. The molecule has 1 heterocycles. The summed E-state index contributed by atoms with van der Waals surface area (Å²) in [6, 6.07) is 4.78. The van der Waals surface area contributed by atoms with Crippen LogP contribution in [0.25, 0.3) is 0 Å². The van der Waals surface area contributed by atoms with Crippen molar-refractivity contribution in [2.24, 2.45) is 7.05 Å². The maximum absolute atomic E-state index is 14.5. The van der Waals surface area contributed by atoms with E-state index in [9.17, 15) is 52.6 Å². The van der Waals surface area contributed by atoms with Crippen LogP contribution in [0, 0.1) is 16.3 Å². The number of nitrogens with zero attached hydrogens (tertiary/aromatic N) is 1. The molecule has 0 radical (unpaired) electrons. The zero-order valence-corrected chi connectivity index (χ0v) is 61.8. The van der Waals surface area contributed by atoms with Crippen molar-refractivity contribution in [1.82, 2.24) is 20.7 Å². The average Bonchev–Trinajstić information content (AvgIpc) is 0.795. The van der Waals surface area contributed by atoms with Crippen LogP contribution in [-0.2, 0) is 102 Å². The third kappa shape index (κ3) is 45.1. The Morgan fingerprint density at radius 1 is 0.610 bits per heavy atom. The number of anilines is 2. The van der Waals surface area contributed by atoms with Crippen molar-refractivity contribution < 1.29 is 140 Å². The fraction of sp³-hybridized carbons (Fsp3) is 0.698. The molecule has 100 heavy (non-hydrogen) atoms. The molecule has 0 fully saturated rings. The molecular weight excluding hydrogens is 1470 g/mol. The monoisotopic (exact) mass is 1570 g/mol. The predicted octanol–water partition coefficient (Wildman–Crippen LogP) is 2.98. The van der Waals surface area contributed by atoms with Crippen LogP contribution in [0.1, 0.15) is 121 Å². The van der Waals surface area contributed by atoms with Gasteiger partial charge in [-0.3, -0.25) is 43.0 Å². The molecule has 10 N–H and O–H groups in total. The molecule has 1 aromatic carbocycles. The number of hydroxylamine groups is 1. The molecule has 0 bridgehead atoms. The molecule has 0 spiro atoms. The number of aliphatic hydroxyl groups is 5. The molecule has 34 nitrogen and oxygen atoms in total. The Bertz CT molecular complexity index is 2660. The number of esters is 3. The first-order chi connectivity index (χ1) is 47.7. The van der Waals surface area contributed by atoms with Gasteiger partial charge in [0.2, 0.25) is 11.8 Å². The number of pyridine rings is 1. The van der Waals surface area contributed by atoms with Gasteiger partial charge in [0, 0.05) is 82.6 Å². The van der Waals surface area contributed by atoms with Gasteiger partial charge < -0.3 is 108 Å². The van der Waals surface area contributed by atoms with Gasteiger partial charge in [-0.15, -0.1) is 0 Å². The van der Waals surface area contributed by atoms with Gasteiger partial charge in [-0.05, 0) is 99.2 Å². The number of aryl methyl sites for hydroxylation is 1. The van der Waals surface area contributed by atoms with Gasteiger partial charge in [0.05, 0.1) is 75.1 Å². The number of carbonyl (C=O) groups excluding carboxylic acids is 7. The van der Waals surface area contributed by atoms with E-state index in [1.165, 1.54) is 72.1 Å². The number of hydrogen-bond acceptors (Lipinski definition) is 30. The first-order valence-corrected chi connectivity index (χ1v) is 33.7. The summed E-state index contributed by atoms with van der Waals surface area (Å²) in [7, 11) is 7.08. The van der Waals surface area contributed by atoms with Crippen LogP contribution in [0.5, 0.6) is 0 Å². The van der Waals surface area contributed by atoms with Gasteiger partial charge >= 0.3 is 30.0 Å². The summed E-state index contributed by atoms with van der Waals surface area (Å²) in [4.78, 5) is 111. The number of halogens is 2. The zero-order chi connectivity index (χ0) is 76.0. The zero-order valence-electron chi connectivity index (χ0n) is 58.7. The molecule has 8 unspecified atom stereocenters. The minimum Gasteiger partial charge on any atom is -0.481 e. The van der Waals surface area contributed by atoms with Crippen LogP contribution >= 0.6 is 35.2 Å². The largest absolute Gasteiger partial charge is 0.508 e. The SMILES string of the molecule is CCC(CO)OC(CO)OC.CCC(CO)OC(COC(=O)CCCC(=O)N[C@@H](C)C(=O)OCCONC(=O)c1cc(C)c(=O)n(C)c1Nc1ccc(I)cc1F)OC.CCC(CO)OC(COC(=O)CCCC(=O)O)OC.CCC(CO)OC(COC(=O)OCCC(=O)NCCS)OC. The quantitative estimate of drug-likeness (QED) is 0.00862.